The molecule has 1 saturated heterocycles. The molecule has 2 heterocycles. The van der Waals surface area contributed by atoms with Gasteiger partial charge in [0.1, 0.15) is 5.82 Å². The molecule has 1 aliphatic rings. The van der Waals surface area contributed by atoms with E-state index in [0.29, 0.717) is 5.82 Å². The summed E-state index contributed by atoms with van der Waals surface area (Å²) in [4.78, 5) is 12.1. The highest BCUT2D eigenvalue weighted by molar-refractivity contribution is 5.66. The van der Waals surface area contributed by atoms with Crippen LogP contribution in [-0.2, 0) is 7.05 Å². The smallest absolute Gasteiger partial charge is 0.404 e. The molecule has 1 aromatic heterocycles. The molecule has 2 atom stereocenters. The van der Waals surface area contributed by atoms with Crippen molar-refractivity contribution in [2.75, 3.05) is 23.7 Å². The minimum Gasteiger partial charge on any atom is -0.465 e. The predicted molar refractivity (Wildman–Crippen MR) is 68.9 cm³/mol. The maximum atomic E-state index is 13.0. The molecule has 4 N–H and O–H groups in total. The zero-order chi connectivity index (χ0) is 15.8. The summed E-state index contributed by atoms with van der Waals surface area (Å²) in [7, 11) is 1.57. The highest BCUT2D eigenvalue weighted by atomic mass is 19.4. The monoisotopic (exact) mass is 307 g/mol. The van der Waals surface area contributed by atoms with Crippen LogP contribution in [0.4, 0.5) is 29.5 Å². The number of nitrogens with one attached hydrogen (secondary N) is 1. The van der Waals surface area contributed by atoms with Gasteiger partial charge < -0.3 is 21.1 Å². The number of halogens is 3. The van der Waals surface area contributed by atoms with Crippen LogP contribution in [0.1, 0.15) is 6.42 Å². The van der Waals surface area contributed by atoms with Crippen molar-refractivity contribution in [1.82, 2.24) is 15.1 Å². The molecule has 1 fully saturated rings. The van der Waals surface area contributed by atoms with Gasteiger partial charge in [0.2, 0.25) is 0 Å². The van der Waals surface area contributed by atoms with E-state index in [9.17, 15) is 18.0 Å². The van der Waals surface area contributed by atoms with Crippen molar-refractivity contribution in [2.45, 2.75) is 18.6 Å². The van der Waals surface area contributed by atoms with Crippen molar-refractivity contribution in [3.05, 3.63) is 6.20 Å². The molecule has 10 heteroatoms. The third kappa shape index (κ3) is 3.31. The Hall–Kier alpha value is -2.13. The van der Waals surface area contributed by atoms with Gasteiger partial charge in [0.25, 0.3) is 0 Å². The van der Waals surface area contributed by atoms with Crippen LogP contribution in [0, 0.1) is 5.92 Å². The van der Waals surface area contributed by atoms with E-state index in [1.807, 2.05) is 0 Å². The van der Waals surface area contributed by atoms with Crippen LogP contribution in [-0.4, -0.2) is 46.3 Å². The molecule has 7 nitrogen and oxygen atoms in total. The van der Waals surface area contributed by atoms with Crippen LogP contribution in [0.5, 0.6) is 0 Å². The zero-order valence-electron chi connectivity index (χ0n) is 11.3. The number of rotatable bonds is 2. The number of anilines is 2. The summed E-state index contributed by atoms with van der Waals surface area (Å²) >= 11 is 0. The number of aryl methyl sites for hydroxylation is 1. The van der Waals surface area contributed by atoms with Crippen molar-refractivity contribution in [3.63, 3.8) is 0 Å². The Morgan fingerprint density at radius 2 is 2.19 bits per heavy atom. The van der Waals surface area contributed by atoms with Gasteiger partial charge in [-0.05, 0) is 6.42 Å². The van der Waals surface area contributed by atoms with Crippen LogP contribution < -0.4 is 16.0 Å². The predicted octanol–water partition coefficient (Wildman–Crippen LogP) is 1.03. The number of nitrogen functional groups attached to an aromatic ring is 1. The molecule has 0 aromatic carbocycles. The molecular formula is C11H16F3N5O2. The van der Waals surface area contributed by atoms with Crippen LogP contribution in [0.25, 0.3) is 0 Å². The highest BCUT2D eigenvalue weighted by Crippen LogP contribution is 2.36. The zero-order valence-corrected chi connectivity index (χ0v) is 11.3. The minimum absolute atomic E-state index is 0.114. The van der Waals surface area contributed by atoms with Crippen molar-refractivity contribution in [1.29, 1.82) is 0 Å². The summed E-state index contributed by atoms with van der Waals surface area (Å²) in [5.41, 5.74) is 5.99. The molecule has 1 aliphatic heterocycles. The Labute approximate surface area is 118 Å². The first-order valence-corrected chi connectivity index (χ1v) is 6.27. The molecule has 1 amide bonds. The first kappa shape index (κ1) is 15.3. The normalized spacial score (nSPS) is 23.1. The molecule has 118 valence electrons. The average Bonchev–Trinajstić information content (AvgIpc) is 2.66. The third-order valence-corrected chi connectivity index (χ3v) is 3.48. The summed E-state index contributed by atoms with van der Waals surface area (Å²) in [6.07, 6.45) is -4.68. The second kappa shape index (κ2) is 5.34. The minimum atomic E-state index is -4.40. The fourth-order valence-corrected chi connectivity index (χ4v) is 2.62. The van der Waals surface area contributed by atoms with E-state index in [-0.39, 0.29) is 25.2 Å². The largest absolute Gasteiger partial charge is 0.465 e. The number of amides is 1. The fraction of sp³-hybridized carbons (Fsp3) is 0.636. The number of carbonyl (C=O) groups is 1. The molecule has 2 unspecified atom stereocenters. The Morgan fingerprint density at radius 1 is 1.52 bits per heavy atom. The van der Waals surface area contributed by atoms with Gasteiger partial charge in [-0.1, -0.05) is 0 Å². The number of hydrogen-bond donors (Lipinski definition) is 3. The fourth-order valence-electron chi connectivity index (χ4n) is 2.62. The highest BCUT2D eigenvalue weighted by Gasteiger charge is 2.45. The maximum Gasteiger partial charge on any atom is 0.404 e. The summed E-state index contributed by atoms with van der Waals surface area (Å²) in [5.74, 6) is -1.27. The molecular weight excluding hydrogens is 291 g/mol. The number of nitrogens with zero attached hydrogens (tertiary/aromatic N) is 3. The number of aromatic nitrogens is 2. The van der Waals surface area contributed by atoms with Gasteiger partial charge >= 0.3 is 12.3 Å². The molecule has 0 bridgehead atoms. The number of nitrogens with two attached hydrogens (primary N) is 1. The topological polar surface area (TPSA) is 96.4 Å². The molecule has 21 heavy (non-hydrogen) atoms. The summed E-state index contributed by atoms with van der Waals surface area (Å²) in [5, 5.41) is 14.7. The standard InChI is InChI=1S/C11H16F3N5O2/c1-18-9(8(15)3-16-18)19-4-6(11(12,13)14)2-7(5-19)17-10(20)21/h3,6-7,17H,2,4-5,15H2,1H3,(H,20,21). The van der Waals surface area contributed by atoms with Crippen molar-refractivity contribution in [2.24, 2.45) is 13.0 Å². The first-order chi connectivity index (χ1) is 9.68. The first-order valence-electron chi connectivity index (χ1n) is 6.27. The van der Waals surface area contributed by atoms with Crippen molar-refractivity contribution < 1.29 is 23.1 Å². The van der Waals surface area contributed by atoms with E-state index in [2.05, 4.69) is 10.4 Å². The van der Waals surface area contributed by atoms with Gasteiger partial charge in [0.05, 0.1) is 23.8 Å². The molecule has 0 radical (unpaired) electrons. The van der Waals surface area contributed by atoms with Gasteiger partial charge in [0.15, 0.2) is 0 Å². The van der Waals surface area contributed by atoms with Gasteiger partial charge in [-0.15, -0.1) is 0 Å². The molecule has 1 aromatic rings. The number of piperidine rings is 1. The van der Waals surface area contributed by atoms with E-state index in [1.54, 1.807) is 7.05 Å². The van der Waals surface area contributed by atoms with Gasteiger partial charge in [0, 0.05) is 20.1 Å². The third-order valence-electron chi connectivity index (χ3n) is 3.48. The maximum absolute atomic E-state index is 13.0. The van der Waals surface area contributed by atoms with Crippen LogP contribution in [0.2, 0.25) is 0 Å². The Balaban J connectivity index is 2.26. The lowest BCUT2D eigenvalue weighted by Crippen LogP contribution is -2.54. The van der Waals surface area contributed by atoms with E-state index >= 15 is 0 Å². The molecule has 0 aliphatic carbocycles. The number of carboxylic acid groups (broad SMARTS) is 1. The summed E-state index contributed by atoms with van der Waals surface area (Å²) < 4.78 is 40.4. The van der Waals surface area contributed by atoms with Gasteiger partial charge in [-0.2, -0.15) is 18.3 Å². The lowest BCUT2D eigenvalue weighted by Gasteiger charge is -2.39. The van der Waals surface area contributed by atoms with Crippen LogP contribution >= 0.6 is 0 Å². The van der Waals surface area contributed by atoms with Crippen molar-refractivity contribution >= 4 is 17.6 Å². The van der Waals surface area contributed by atoms with Crippen LogP contribution in [0.3, 0.4) is 0 Å². The molecule has 0 spiro atoms. The molecule has 2 rings (SSSR count). The SMILES string of the molecule is Cn1ncc(N)c1N1CC(NC(=O)O)CC(C(F)(F)F)C1. The van der Waals surface area contributed by atoms with Gasteiger partial charge in [-0.3, -0.25) is 4.68 Å². The second-order valence-electron chi connectivity index (χ2n) is 5.07. The Bertz CT molecular complexity index is 511. The summed E-state index contributed by atoms with van der Waals surface area (Å²) in [6, 6.07) is -0.822. The lowest BCUT2D eigenvalue weighted by molar-refractivity contribution is -0.177. The molecule has 0 saturated carbocycles. The Kier molecular flexibility index (Phi) is 3.88. The second-order valence-corrected chi connectivity index (χ2v) is 5.07. The average molecular weight is 307 g/mol. The van der Waals surface area contributed by atoms with Crippen LogP contribution in [0.15, 0.2) is 6.20 Å². The summed E-state index contributed by atoms with van der Waals surface area (Å²) in [6.45, 7) is -0.159. The number of alkyl halides is 3. The van der Waals surface area contributed by atoms with E-state index in [0.717, 1.165) is 0 Å². The van der Waals surface area contributed by atoms with E-state index < -0.39 is 24.2 Å². The van der Waals surface area contributed by atoms with E-state index in [4.69, 9.17) is 10.8 Å². The van der Waals surface area contributed by atoms with Gasteiger partial charge in [-0.25, -0.2) is 4.79 Å². The Morgan fingerprint density at radius 3 is 2.67 bits per heavy atom. The lowest BCUT2D eigenvalue weighted by atomic mass is 9.93. The number of hydrogen-bond acceptors (Lipinski definition) is 4. The quantitative estimate of drug-likeness (QED) is 0.758. The van der Waals surface area contributed by atoms with E-state index in [1.165, 1.54) is 15.8 Å². The van der Waals surface area contributed by atoms with Crippen molar-refractivity contribution in [3.8, 4) is 0 Å².